The Balaban J connectivity index is 0.732. The second-order valence-electron chi connectivity index (χ2n) is 18.4. The molecule has 3 aliphatic heterocycles. The number of carbonyl (C=O) groups excluding carboxylic acids is 4. The van der Waals surface area contributed by atoms with Gasteiger partial charge in [-0.2, -0.15) is 0 Å². The zero-order valence-corrected chi connectivity index (χ0v) is 35.2. The molecule has 4 aromatic rings. The highest BCUT2D eigenvalue weighted by Crippen LogP contribution is 2.53. The van der Waals surface area contributed by atoms with Crippen LogP contribution in [0.2, 0.25) is 0 Å². The summed E-state index contributed by atoms with van der Waals surface area (Å²) in [6.07, 6.45) is 8.51. The van der Waals surface area contributed by atoms with Crippen molar-refractivity contribution in [2.75, 3.05) is 36.8 Å². The Labute approximate surface area is 353 Å². The van der Waals surface area contributed by atoms with Gasteiger partial charge in [-0.3, -0.25) is 29.4 Å². The molecule has 1 unspecified atom stereocenters. The van der Waals surface area contributed by atoms with E-state index in [-0.39, 0.29) is 23.9 Å². The second kappa shape index (κ2) is 15.4. The number of aliphatic hydroxyl groups is 1. The quantitative estimate of drug-likeness (QED) is 0.114. The highest BCUT2D eigenvalue weighted by molar-refractivity contribution is 7.18. The molecule has 0 bridgehead atoms. The molecule has 9 rings (SSSR count). The number of hydrogen-bond donors (Lipinski definition) is 4. The zero-order chi connectivity index (χ0) is 42.1. The van der Waals surface area contributed by atoms with Crippen molar-refractivity contribution in [3.8, 4) is 0 Å². The number of pyridine rings is 1. The van der Waals surface area contributed by atoms with Gasteiger partial charge >= 0.3 is 0 Å². The number of carbonyl (C=O) groups is 4. The molecule has 1 atom stereocenters. The summed E-state index contributed by atoms with van der Waals surface area (Å²) in [4.78, 5) is 64.3. The molecule has 5 aliphatic rings. The lowest BCUT2D eigenvalue weighted by Gasteiger charge is -2.60. The monoisotopic (exact) mass is 833 g/mol. The van der Waals surface area contributed by atoms with Crippen LogP contribution >= 0.6 is 11.3 Å². The molecule has 1 spiro atoms. The van der Waals surface area contributed by atoms with Crippen LogP contribution in [0.5, 0.6) is 0 Å². The maximum atomic E-state index is 14.0. The minimum Gasteiger partial charge on any atom is -0.386 e. The standard InChI is InChI=1S/C46H52FN7O5S/c1-25-16-30(47)17-36(49-25)41(56)50-34-19-38-35(18-32(34)45(3,4)59)51-43(60-38)29-10-8-27(9-11-29)22-53-23-46(24-53)20-28(21-46)14-15-48-33-7-5-6-31-26(2)54(44(58)40(31)33)37-12-13-39(55)52-42(37)57/h5-7,16-19,27-29,37,48,59H,2,8-15,20-24H2,1,3-4H3,(H,50,56)(H,52,55,57)/t27-,29-,37?. The molecule has 60 heavy (non-hydrogen) atoms. The first-order valence-electron chi connectivity index (χ1n) is 21.2. The summed E-state index contributed by atoms with van der Waals surface area (Å²) < 4.78 is 15.0. The van der Waals surface area contributed by atoms with E-state index in [9.17, 15) is 28.7 Å². The van der Waals surface area contributed by atoms with Gasteiger partial charge in [-0.25, -0.2) is 14.4 Å². The number of aryl methyl sites for hydroxylation is 1. The fraction of sp³-hybridized carbons (Fsp3) is 0.478. The van der Waals surface area contributed by atoms with E-state index in [1.165, 1.54) is 49.7 Å². The number of benzene rings is 2. The summed E-state index contributed by atoms with van der Waals surface area (Å²) in [6.45, 7) is 13.4. The minimum absolute atomic E-state index is 0.0195. The third-order valence-electron chi connectivity index (χ3n) is 13.4. The van der Waals surface area contributed by atoms with E-state index in [0.717, 1.165) is 64.9 Å². The van der Waals surface area contributed by atoms with Gasteiger partial charge in [0.1, 0.15) is 17.6 Å². The third kappa shape index (κ3) is 7.73. The van der Waals surface area contributed by atoms with Gasteiger partial charge in [-0.15, -0.1) is 11.3 Å². The van der Waals surface area contributed by atoms with Crippen LogP contribution < -0.4 is 16.0 Å². The zero-order valence-electron chi connectivity index (χ0n) is 34.4. The maximum absolute atomic E-state index is 14.0. The van der Waals surface area contributed by atoms with E-state index in [2.05, 4.69) is 32.4 Å². The number of amides is 4. The van der Waals surface area contributed by atoms with Crippen molar-refractivity contribution in [3.63, 3.8) is 0 Å². The summed E-state index contributed by atoms with van der Waals surface area (Å²) in [6, 6.07) is 11.1. The van der Waals surface area contributed by atoms with E-state index in [4.69, 9.17) is 4.98 Å². The molecule has 2 aliphatic carbocycles. The number of rotatable bonds is 11. The van der Waals surface area contributed by atoms with Crippen LogP contribution in [-0.4, -0.2) is 80.7 Å². The molecule has 2 saturated carbocycles. The van der Waals surface area contributed by atoms with E-state index < -0.39 is 29.3 Å². The van der Waals surface area contributed by atoms with Crippen LogP contribution in [0.3, 0.4) is 0 Å². The molecule has 2 aromatic heterocycles. The molecule has 2 saturated heterocycles. The molecular formula is C46H52FN7O5S. The Bertz CT molecular complexity index is 2400. The van der Waals surface area contributed by atoms with Crippen LogP contribution in [0, 0.1) is 30.0 Å². The summed E-state index contributed by atoms with van der Waals surface area (Å²) in [7, 11) is 0. The fourth-order valence-corrected chi connectivity index (χ4v) is 11.7. The number of anilines is 2. The van der Waals surface area contributed by atoms with Crippen LogP contribution in [0.15, 0.2) is 49.0 Å². The molecule has 4 amide bonds. The van der Waals surface area contributed by atoms with Crippen LogP contribution in [0.25, 0.3) is 15.9 Å². The highest BCUT2D eigenvalue weighted by atomic mass is 32.1. The van der Waals surface area contributed by atoms with Crippen molar-refractivity contribution in [2.24, 2.45) is 17.3 Å². The molecule has 5 heterocycles. The highest BCUT2D eigenvalue weighted by Gasteiger charge is 2.52. The number of thiazole rings is 1. The van der Waals surface area contributed by atoms with Gasteiger partial charge in [0.25, 0.3) is 11.8 Å². The second-order valence-corrected chi connectivity index (χ2v) is 19.5. The molecular weight excluding hydrogens is 782 g/mol. The summed E-state index contributed by atoms with van der Waals surface area (Å²) in [5.41, 5.74) is 3.95. The van der Waals surface area contributed by atoms with Gasteiger partial charge in [0.15, 0.2) is 0 Å². The van der Waals surface area contributed by atoms with Gasteiger partial charge in [0.2, 0.25) is 11.8 Å². The molecule has 4 fully saturated rings. The van der Waals surface area contributed by atoms with E-state index in [1.54, 1.807) is 32.1 Å². The average Bonchev–Trinajstić information content (AvgIpc) is 3.69. The number of aromatic nitrogens is 2. The Morgan fingerprint density at radius 3 is 2.52 bits per heavy atom. The van der Waals surface area contributed by atoms with E-state index in [1.807, 2.05) is 30.3 Å². The van der Waals surface area contributed by atoms with E-state index in [0.29, 0.717) is 57.8 Å². The van der Waals surface area contributed by atoms with Gasteiger partial charge < -0.3 is 20.6 Å². The van der Waals surface area contributed by atoms with Crippen molar-refractivity contribution < 1.29 is 28.7 Å². The number of imide groups is 1. The summed E-state index contributed by atoms with van der Waals surface area (Å²) >= 11 is 1.64. The van der Waals surface area contributed by atoms with Crippen molar-refractivity contribution in [3.05, 3.63) is 87.9 Å². The number of hydrogen-bond acceptors (Lipinski definition) is 10. The number of fused-ring (bicyclic) bond motifs is 2. The molecule has 2 aromatic carbocycles. The van der Waals surface area contributed by atoms with Gasteiger partial charge in [-0.05, 0) is 114 Å². The van der Waals surface area contributed by atoms with Crippen molar-refractivity contribution in [2.45, 2.75) is 96.1 Å². The van der Waals surface area contributed by atoms with Crippen LogP contribution in [0.4, 0.5) is 15.8 Å². The van der Waals surface area contributed by atoms with Gasteiger partial charge in [0.05, 0.1) is 26.4 Å². The first-order chi connectivity index (χ1) is 28.6. The van der Waals surface area contributed by atoms with E-state index >= 15 is 0 Å². The van der Waals surface area contributed by atoms with Crippen molar-refractivity contribution in [1.29, 1.82) is 0 Å². The van der Waals surface area contributed by atoms with Crippen molar-refractivity contribution >= 4 is 62.3 Å². The summed E-state index contributed by atoms with van der Waals surface area (Å²) in [5.74, 6) is -0.357. The van der Waals surface area contributed by atoms with Crippen LogP contribution in [-0.2, 0) is 15.2 Å². The first kappa shape index (κ1) is 40.4. The predicted octanol–water partition coefficient (Wildman–Crippen LogP) is 7.34. The number of piperidine rings is 1. The molecule has 314 valence electrons. The number of nitrogens with zero attached hydrogens (tertiary/aromatic N) is 4. The number of nitrogens with one attached hydrogen (secondary N) is 3. The minimum atomic E-state index is -1.24. The van der Waals surface area contributed by atoms with Gasteiger partial charge in [-0.1, -0.05) is 18.7 Å². The lowest BCUT2D eigenvalue weighted by Crippen LogP contribution is -2.63. The largest absolute Gasteiger partial charge is 0.386 e. The van der Waals surface area contributed by atoms with Crippen LogP contribution in [0.1, 0.15) is 120 Å². The Hall–Kier alpha value is -5.05. The predicted molar refractivity (Wildman–Crippen MR) is 229 cm³/mol. The molecule has 4 N–H and O–H groups in total. The lowest BCUT2D eigenvalue weighted by atomic mass is 9.57. The first-order valence-corrected chi connectivity index (χ1v) is 22.0. The lowest BCUT2D eigenvalue weighted by molar-refractivity contribution is -0.136. The number of halogens is 1. The topological polar surface area (TPSA) is 157 Å². The molecule has 12 nitrogen and oxygen atoms in total. The third-order valence-corrected chi connectivity index (χ3v) is 14.5. The average molecular weight is 834 g/mol. The Morgan fingerprint density at radius 1 is 1.03 bits per heavy atom. The maximum Gasteiger partial charge on any atom is 0.274 e. The summed E-state index contributed by atoms with van der Waals surface area (Å²) in [5, 5.41) is 20.9. The molecule has 14 heteroatoms. The Morgan fingerprint density at radius 2 is 1.80 bits per heavy atom. The SMILES string of the molecule is C=C1c2cccc(NCCC3CC4(C3)CN(C[C@H]3CC[C@H](c5nc6cc(C(C)(C)O)c(NC(=O)c7cc(F)cc(C)n7)cc6s5)CC3)C4)c2C(=O)N1C1CCC(=O)NC1=O. The normalized spacial score (nSPS) is 23.1. The Kier molecular flexibility index (Phi) is 10.4. The smallest absolute Gasteiger partial charge is 0.274 e. The fourth-order valence-electron chi connectivity index (χ4n) is 10.5. The van der Waals surface area contributed by atoms with Crippen molar-refractivity contribution in [1.82, 2.24) is 25.1 Å². The van der Waals surface area contributed by atoms with Gasteiger partial charge in [0, 0.05) is 78.5 Å². The number of likely N-dealkylation sites (tertiary alicyclic amines) is 1. The molecule has 0 radical (unpaired) electrons.